The minimum absolute atomic E-state index is 0.0494. The maximum Gasteiger partial charge on any atom is 0.326 e. The second-order valence-corrected chi connectivity index (χ2v) is 9.06. The summed E-state index contributed by atoms with van der Waals surface area (Å²) < 4.78 is 5.46. The van der Waals surface area contributed by atoms with Crippen LogP contribution in [0.1, 0.15) is 5.56 Å². The van der Waals surface area contributed by atoms with Crippen molar-refractivity contribution in [3.05, 3.63) is 109 Å². The molecule has 4 aromatic carbocycles. The van der Waals surface area contributed by atoms with Crippen molar-refractivity contribution < 1.29 is 19.4 Å². The number of hydrogen-bond donors (Lipinski definition) is 4. The van der Waals surface area contributed by atoms with E-state index >= 15 is 0 Å². The molecular formula is C31H27N7O4. The van der Waals surface area contributed by atoms with Crippen LogP contribution in [0, 0.1) is 0 Å². The maximum atomic E-state index is 12.8. The fraction of sp³-hybridized carbons (Fsp3) is 0.0645. The maximum absolute atomic E-state index is 12.8. The topological polar surface area (TPSA) is 156 Å². The van der Waals surface area contributed by atoms with Gasteiger partial charge in [-0.15, -0.1) is 0 Å². The fourth-order valence-electron chi connectivity index (χ4n) is 4.31. The molecule has 0 saturated carbocycles. The zero-order valence-electron chi connectivity index (χ0n) is 22.6. The Balaban J connectivity index is 1.58. The Labute approximate surface area is 241 Å². The first kappa shape index (κ1) is 27.6. The molecule has 0 atom stereocenters. The van der Waals surface area contributed by atoms with Crippen LogP contribution in [0.4, 0.5) is 39.7 Å². The van der Waals surface area contributed by atoms with Crippen molar-refractivity contribution in [2.24, 2.45) is 5.73 Å². The molecule has 1 aromatic heterocycles. The molecular weight excluding hydrogens is 534 g/mol. The number of carbonyl (C=O) groups excluding carboxylic acids is 1. The summed E-state index contributed by atoms with van der Waals surface area (Å²) in [4.78, 5) is 38.6. The molecule has 0 saturated heterocycles. The lowest BCUT2D eigenvalue weighted by Gasteiger charge is -2.22. The molecule has 210 valence electrons. The third kappa shape index (κ3) is 6.42. The van der Waals surface area contributed by atoms with Gasteiger partial charge in [0.15, 0.2) is 0 Å². The van der Waals surface area contributed by atoms with Gasteiger partial charge in [-0.25, -0.2) is 9.69 Å². The van der Waals surface area contributed by atoms with E-state index in [-0.39, 0.29) is 24.3 Å². The number of anilines is 6. The fourth-order valence-corrected chi connectivity index (χ4v) is 4.31. The lowest BCUT2D eigenvalue weighted by atomic mass is 10.0. The summed E-state index contributed by atoms with van der Waals surface area (Å²) in [5, 5.41) is 15.4. The summed E-state index contributed by atoms with van der Waals surface area (Å²) in [6.07, 6.45) is -0.0996. The number of methoxy groups -OCH3 is 1. The molecule has 11 heteroatoms. The Morgan fingerprint density at radius 2 is 1.45 bits per heavy atom. The van der Waals surface area contributed by atoms with E-state index in [0.29, 0.717) is 22.7 Å². The van der Waals surface area contributed by atoms with Gasteiger partial charge in [-0.1, -0.05) is 72.8 Å². The molecule has 5 N–H and O–H groups in total. The quantitative estimate of drug-likeness (QED) is 0.164. The Morgan fingerprint density at radius 1 is 0.810 bits per heavy atom. The van der Waals surface area contributed by atoms with E-state index in [1.165, 1.54) is 7.11 Å². The van der Waals surface area contributed by atoms with Crippen LogP contribution in [-0.4, -0.2) is 39.2 Å². The Morgan fingerprint density at radius 3 is 2.14 bits per heavy atom. The van der Waals surface area contributed by atoms with E-state index in [2.05, 4.69) is 25.6 Å². The van der Waals surface area contributed by atoms with Crippen LogP contribution in [-0.2, 0) is 11.2 Å². The first-order valence-electron chi connectivity index (χ1n) is 12.9. The number of nitrogens with one attached hydrogen (secondary N) is 2. The van der Waals surface area contributed by atoms with Gasteiger partial charge in [-0.3, -0.25) is 4.79 Å². The van der Waals surface area contributed by atoms with Crippen LogP contribution in [0.2, 0.25) is 0 Å². The molecule has 0 fully saturated rings. The van der Waals surface area contributed by atoms with Crippen LogP contribution in [0.15, 0.2) is 103 Å². The molecule has 0 unspecified atom stereocenters. The van der Waals surface area contributed by atoms with Crippen molar-refractivity contribution in [1.29, 1.82) is 0 Å². The summed E-state index contributed by atoms with van der Waals surface area (Å²) >= 11 is 0. The standard InChI is InChI=1S/C31H27N7O4/c1-42-26-14-8-7-13-25(26)38(28(32)41)31-36-29(33-22-17-15-20(16-18-22)19-27(39)40)35-30(37-31)34-24-12-6-5-11-23(24)21-9-3-2-4-10-21/h2-18H,19H2,1H3,(H2,32,41)(H,39,40)(H2,33,34,35,36,37). The lowest BCUT2D eigenvalue weighted by molar-refractivity contribution is -0.136. The minimum atomic E-state index is -0.924. The van der Waals surface area contributed by atoms with E-state index in [1.807, 2.05) is 54.6 Å². The highest BCUT2D eigenvalue weighted by Gasteiger charge is 2.24. The number of benzene rings is 4. The third-order valence-corrected chi connectivity index (χ3v) is 6.19. The Kier molecular flexibility index (Phi) is 8.19. The molecule has 5 aromatic rings. The predicted molar refractivity (Wildman–Crippen MR) is 161 cm³/mol. The Bertz CT molecular complexity index is 1710. The number of primary amides is 1. The normalized spacial score (nSPS) is 10.5. The SMILES string of the molecule is COc1ccccc1N(C(N)=O)c1nc(Nc2ccc(CC(=O)O)cc2)nc(Nc2ccccc2-c2ccccc2)n1. The molecule has 0 aliphatic heterocycles. The number of aromatic nitrogens is 3. The van der Waals surface area contributed by atoms with Crippen LogP contribution in [0.5, 0.6) is 5.75 Å². The van der Waals surface area contributed by atoms with E-state index in [1.54, 1.807) is 48.5 Å². The largest absolute Gasteiger partial charge is 0.495 e. The van der Waals surface area contributed by atoms with Crippen molar-refractivity contribution in [2.75, 3.05) is 22.6 Å². The number of ether oxygens (including phenoxy) is 1. The van der Waals surface area contributed by atoms with Gasteiger partial charge in [-0.2, -0.15) is 15.0 Å². The summed E-state index contributed by atoms with van der Waals surface area (Å²) in [6.45, 7) is 0. The van der Waals surface area contributed by atoms with Gasteiger partial charge in [0.25, 0.3) is 0 Å². The highest BCUT2D eigenvalue weighted by atomic mass is 16.5. The highest BCUT2D eigenvalue weighted by Crippen LogP contribution is 2.34. The number of carbonyl (C=O) groups is 2. The highest BCUT2D eigenvalue weighted by molar-refractivity contribution is 5.98. The van der Waals surface area contributed by atoms with Crippen LogP contribution in [0.3, 0.4) is 0 Å². The van der Waals surface area contributed by atoms with Gasteiger partial charge in [-0.05, 0) is 41.5 Å². The number of nitrogens with zero attached hydrogens (tertiary/aromatic N) is 4. The molecule has 0 spiro atoms. The number of amides is 2. The second kappa shape index (κ2) is 12.5. The first-order chi connectivity index (χ1) is 20.4. The number of nitrogens with two attached hydrogens (primary N) is 1. The van der Waals surface area contributed by atoms with Gasteiger partial charge in [0.1, 0.15) is 5.75 Å². The van der Waals surface area contributed by atoms with Gasteiger partial charge in [0, 0.05) is 16.9 Å². The zero-order valence-corrected chi connectivity index (χ0v) is 22.6. The monoisotopic (exact) mass is 561 g/mol. The van der Waals surface area contributed by atoms with Crippen LogP contribution >= 0.6 is 0 Å². The summed E-state index contributed by atoms with van der Waals surface area (Å²) in [6, 6.07) is 30.4. The minimum Gasteiger partial charge on any atom is -0.495 e. The molecule has 0 aliphatic carbocycles. The number of urea groups is 1. The average Bonchev–Trinajstić information content (AvgIpc) is 2.99. The van der Waals surface area contributed by atoms with Crippen molar-refractivity contribution >= 4 is 46.9 Å². The van der Waals surface area contributed by atoms with Crippen molar-refractivity contribution in [3.8, 4) is 16.9 Å². The van der Waals surface area contributed by atoms with Crippen molar-refractivity contribution in [2.45, 2.75) is 6.42 Å². The summed E-state index contributed by atoms with van der Waals surface area (Å²) in [5.74, 6) is -0.315. The number of carboxylic acids is 1. The van der Waals surface area contributed by atoms with Crippen molar-refractivity contribution in [3.63, 3.8) is 0 Å². The van der Waals surface area contributed by atoms with Gasteiger partial charge >= 0.3 is 12.0 Å². The Hall–Kier alpha value is -5.97. The summed E-state index contributed by atoms with van der Waals surface area (Å²) in [7, 11) is 1.49. The number of carboxylic acid groups (broad SMARTS) is 1. The number of rotatable bonds is 10. The van der Waals surface area contributed by atoms with E-state index in [4.69, 9.17) is 15.6 Å². The molecule has 42 heavy (non-hydrogen) atoms. The third-order valence-electron chi connectivity index (χ3n) is 6.19. The molecule has 0 radical (unpaired) electrons. The van der Waals surface area contributed by atoms with E-state index in [0.717, 1.165) is 21.7 Å². The molecule has 0 aliphatic rings. The first-order valence-corrected chi connectivity index (χ1v) is 12.9. The lowest BCUT2D eigenvalue weighted by Crippen LogP contribution is -2.33. The predicted octanol–water partition coefficient (Wildman–Crippen LogP) is 5.88. The second-order valence-electron chi connectivity index (χ2n) is 9.06. The van der Waals surface area contributed by atoms with Crippen LogP contribution < -0.4 is 26.0 Å². The van der Waals surface area contributed by atoms with Gasteiger partial charge in [0.2, 0.25) is 17.8 Å². The molecule has 11 nitrogen and oxygen atoms in total. The van der Waals surface area contributed by atoms with E-state index in [9.17, 15) is 9.59 Å². The molecule has 2 amide bonds. The molecule has 5 rings (SSSR count). The molecule has 0 bridgehead atoms. The smallest absolute Gasteiger partial charge is 0.326 e. The van der Waals surface area contributed by atoms with Crippen LogP contribution in [0.25, 0.3) is 11.1 Å². The van der Waals surface area contributed by atoms with Gasteiger partial charge in [0.05, 0.1) is 19.2 Å². The average molecular weight is 562 g/mol. The summed E-state index contributed by atoms with van der Waals surface area (Å²) in [5.41, 5.74) is 10.0. The molecule has 1 heterocycles. The van der Waals surface area contributed by atoms with Gasteiger partial charge < -0.3 is 26.2 Å². The zero-order chi connectivity index (χ0) is 29.5. The number of para-hydroxylation sites is 3. The van der Waals surface area contributed by atoms with Crippen molar-refractivity contribution in [1.82, 2.24) is 15.0 Å². The number of aliphatic carboxylic acids is 1. The van der Waals surface area contributed by atoms with E-state index < -0.39 is 12.0 Å². The number of hydrogen-bond acceptors (Lipinski definition) is 8.